The molecule has 1 atom stereocenters. The SMILES string of the molecule is CC(=O)N1c2ccccc2NC2=C(C1c1ccc(OCc3ccccc3)cc1F)S(=O)(=O)CC(C)(C)C2.[HH]. The number of fused-ring (bicyclic) bond motifs is 1. The summed E-state index contributed by atoms with van der Waals surface area (Å²) in [5.41, 5.74) is 2.09. The average molecular weight is 523 g/mol. The van der Waals surface area contributed by atoms with E-state index < -0.39 is 33.0 Å². The van der Waals surface area contributed by atoms with Gasteiger partial charge in [-0.15, -0.1) is 0 Å². The van der Waals surface area contributed by atoms with Crippen LogP contribution in [0.1, 0.15) is 45.8 Å². The first-order chi connectivity index (χ1) is 17.6. The second-order valence-electron chi connectivity index (χ2n) is 10.3. The van der Waals surface area contributed by atoms with E-state index in [1.165, 1.54) is 24.0 Å². The van der Waals surface area contributed by atoms with E-state index in [4.69, 9.17) is 4.74 Å². The van der Waals surface area contributed by atoms with Crippen LogP contribution in [-0.2, 0) is 21.2 Å². The number of anilines is 2. The minimum absolute atomic E-state index is 0. The van der Waals surface area contributed by atoms with E-state index in [9.17, 15) is 13.2 Å². The van der Waals surface area contributed by atoms with Crippen molar-refractivity contribution < 1.29 is 23.8 Å². The molecular weight excluding hydrogens is 491 g/mol. The lowest BCUT2D eigenvalue weighted by Crippen LogP contribution is -2.40. The Labute approximate surface area is 218 Å². The lowest BCUT2D eigenvalue weighted by Gasteiger charge is -2.37. The number of carbonyl (C=O) groups excluding carboxylic acids is 1. The van der Waals surface area contributed by atoms with Crippen LogP contribution in [0.4, 0.5) is 15.8 Å². The van der Waals surface area contributed by atoms with E-state index in [2.05, 4.69) is 5.32 Å². The molecule has 5 rings (SSSR count). The predicted molar refractivity (Wildman–Crippen MR) is 144 cm³/mol. The van der Waals surface area contributed by atoms with Crippen LogP contribution in [0.3, 0.4) is 0 Å². The minimum atomic E-state index is -3.84. The number of nitrogens with one attached hydrogen (secondary N) is 1. The van der Waals surface area contributed by atoms with Gasteiger partial charge in [-0.1, -0.05) is 56.3 Å². The van der Waals surface area contributed by atoms with Gasteiger partial charge in [-0.05, 0) is 41.7 Å². The van der Waals surface area contributed by atoms with Crippen LogP contribution >= 0.6 is 0 Å². The van der Waals surface area contributed by atoms with Crippen LogP contribution in [0.25, 0.3) is 0 Å². The van der Waals surface area contributed by atoms with Crippen molar-refractivity contribution in [1.82, 2.24) is 0 Å². The zero-order chi connectivity index (χ0) is 26.4. The number of allylic oxidation sites excluding steroid dienone is 1. The fraction of sp³-hybridized carbons (Fsp3) is 0.276. The maximum atomic E-state index is 15.8. The Hall–Kier alpha value is -3.65. The summed E-state index contributed by atoms with van der Waals surface area (Å²) >= 11 is 0. The molecule has 0 saturated heterocycles. The largest absolute Gasteiger partial charge is 0.489 e. The van der Waals surface area contributed by atoms with Crippen molar-refractivity contribution >= 4 is 27.1 Å². The van der Waals surface area contributed by atoms with Gasteiger partial charge in [-0.3, -0.25) is 9.69 Å². The van der Waals surface area contributed by atoms with Crippen LogP contribution in [0.15, 0.2) is 83.4 Å². The summed E-state index contributed by atoms with van der Waals surface area (Å²) in [7, 11) is -3.84. The quantitative estimate of drug-likeness (QED) is 0.440. The zero-order valence-corrected chi connectivity index (χ0v) is 21.8. The van der Waals surface area contributed by atoms with Crippen molar-refractivity contribution in [2.45, 2.75) is 39.8 Å². The van der Waals surface area contributed by atoms with E-state index >= 15 is 4.39 Å². The predicted octanol–water partition coefficient (Wildman–Crippen LogP) is 6.23. The first-order valence-corrected chi connectivity index (χ1v) is 13.8. The molecule has 6 nitrogen and oxygen atoms in total. The number of carbonyl (C=O) groups is 1. The Morgan fingerprint density at radius 2 is 1.81 bits per heavy atom. The first kappa shape index (κ1) is 25.0. The molecule has 2 aliphatic rings. The van der Waals surface area contributed by atoms with Crippen molar-refractivity contribution in [2.75, 3.05) is 16.0 Å². The minimum Gasteiger partial charge on any atom is -0.489 e. The van der Waals surface area contributed by atoms with Gasteiger partial charge in [0.2, 0.25) is 5.91 Å². The Kier molecular flexibility index (Phi) is 6.31. The average Bonchev–Trinajstić information content (AvgIpc) is 2.96. The number of nitrogens with zero attached hydrogens (tertiary/aromatic N) is 1. The molecule has 37 heavy (non-hydrogen) atoms. The number of ether oxygens (including phenoxy) is 1. The summed E-state index contributed by atoms with van der Waals surface area (Å²) in [6.45, 7) is 5.41. The number of hydrogen-bond acceptors (Lipinski definition) is 5. The van der Waals surface area contributed by atoms with Gasteiger partial charge >= 0.3 is 0 Å². The molecule has 0 bridgehead atoms. The molecule has 0 radical (unpaired) electrons. The monoisotopic (exact) mass is 522 g/mol. The molecule has 194 valence electrons. The van der Waals surface area contributed by atoms with Gasteiger partial charge < -0.3 is 10.1 Å². The topological polar surface area (TPSA) is 75.7 Å². The first-order valence-electron chi connectivity index (χ1n) is 12.1. The summed E-state index contributed by atoms with van der Waals surface area (Å²) in [4.78, 5) is 14.5. The van der Waals surface area contributed by atoms with Crippen molar-refractivity contribution in [2.24, 2.45) is 5.41 Å². The van der Waals surface area contributed by atoms with Gasteiger partial charge in [0.25, 0.3) is 0 Å². The van der Waals surface area contributed by atoms with Gasteiger partial charge in [-0.2, -0.15) is 0 Å². The summed E-state index contributed by atoms with van der Waals surface area (Å²) in [6.07, 6.45) is 0.442. The van der Waals surface area contributed by atoms with E-state index in [0.29, 0.717) is 29.2 Å². The Morgan fingerprint density at radius 3 is 2.51 bits per heavy atom. The summed E-state index contributed by atoms with van der Waals surface area (Å²) < 4.78 is 49.1. The van der Waals surface area contributed by atoms with Gasteiger partial charge in [0.05, 0.1) is 22.0 Å². The highest BCUT2D eigenvalue weighted by Gasteiger charge is 2.46. The zero-order valence-electron chi connectivity index (χ0n) is 21.0. The number of para-hydroxylation sites is 2. The molecule has 1 unspecified atom stereocenters. The fourth-order valence-corrected chi connectivity index (χ4v) is 7.60. The molecule has 1 amide bonds. The molecular formula is C29H31FN2O4S. The number of amides is 1. The van der Waals surface area contributed by atoms with E-state index in [1.807, 2.05) is 50.2 Å². The van der Waals surface area contributed by atoms with Crippen molar-refractivity contribution in [3.05, 3.63) is 100 Å². The van der Waals surface area contributed by atoms with Crippen LogP contribution in [0, 0.1) is 11.2 Å². The normalized spacial score (nSPS) is 19.8. The Morgan fingerprint density at radius 1 is 1.11 bits per heavy atom. The second-order valence-corrected chi connectivity index (χ2v) is 12.3. The standard InChI is InChI=1S/C29H29FN2O4S.H2/c1-19(33)32-26-12-8-7-11-24(26)31-25-16-29(2,3)18-37(34,35)28(25)27(32)22-14-13-21(15-23(22)30)36-17-20-9-5-4-6-10-20;/h4-15,27,31H,16-18H2,1-3H3;1H. The molecule has 0 aliphatic carbocycles. The smallest absolute Gasteiger partial charge is 0.224 e. The maximum absolute atomic E-state index is 15.8. The molecule has 0 aromatic heterocycles. The van der Waals surface area contributed by atoms with Gasteiger partial charge in [-0.25, -0.2) is 12.8 Å². The third-order valence-corrected chi connectivity index (χ3v) is 8.98. The highest BCUT2D eigenvalue weighted by atomic mass is 32.2. The van der Waals surface area contributed by atoms with Crippen molar-refractivity contribution in [3.63, 3.8) is 0 Å². The number of sulfone groups is 1. The maximum Gasteiger partial charge on any atom is 0.224 e. The molecule has 0 spiro atoms. The number of halogens is 1. The molecule has 0 saturated carbocycles. The molecule has 8 heteroatoms. The second kappa shape index (κ2) is 9.34. The number of benzene rings is 3. The van der Waals surface area contributed by atoms with Crippen molar-refractivity contribution in [1.29, 1.82) is 0 Å². The van der Waals surface area contributed by atoms with Crippen molar-refractivity contribution in [3.8, 4) is 5.75 Å². The third-order valence-electron chi connectivity index (χ3n) is 6.68. The van der Waals surface area contributed by atoms with Gasteiger partial charge in [0.15, 0.2) is 9.84 Å². The summed E-state index contributed by atoms with van der Waals surface area (Å²) in [5.74, 6) is -0.822. The molecule has 1 N–H and O–H groups in total. The van der Waals surface area contributed by atoms with E-state index in [1.54, 1.807) is 24.3 Å². The highest BCUT2D eigenvalue weighted by molar-refractivity contribution is 7.95. The van der Waals surface area contributed by atoms with Crippen LogP contribution in [0.2, 0.25) is 0 Å². The Bertz CT molecular complexity index is 1510. The third kappa shape index (κ3) is 4.85. The van der Waals surface area contributed by atoms with Gasteiger partial charge in [0, 0.05) is 25.7 Å². The molecule has 2 heterocycles. The molecule has 0 fully saturated rings. The number of hydrogen-bond donors (Lipinski definition) is 1. The molecule has 2 aliphatic heterocycles. The summed E-state index contributed by atoms with van der Waals surface area (Å²) in [6, 6.07) is 19.9. The van der Waals surface area contributed by atoms with Crippen LogP contribution < -0.4 is 15.0 Å². The molecule has 3 aromatic carbocycles. The lowest BCUT2D eigenvalue weighted by molar-refractivity contribution is -0.116. The summed E-state index contributed by atoms with van der Waals surface area (Å²) in [5, 5.41) is 3.29. The van der Waals surface area contributed by atoms with Crippen LogP contribution in [0.5, 0.6) is 5.75 Å². The fourth-order valence-electron chi connectivity index (χ4n) is 5.24. The van der Waals surface area contributed by atoms with Gasteiger partial charge in [0.1, 0.15) is 24.2 Å². The van der Waals surface area contributed by atoms with E-state index in [0.717, 1.165) is 5.56 Å². The Balaban J connectivity index is 0.00000336. The van der Waals surface area contributed by atoms with E-state index in [-0.39, 0.29) is 24.3 Å². The molecule has 3 aromatic rings. The highest BCUT2D eigenvalue weighted by Crippen LogP contribution is 2.49. The number of rotatable bonds is 4. The van der Waals surface area contributed by atoms with Crippen LogP contribution in [-0.4, -0.2) is 20.1 Å². The lowest BCUT2D eigenvalue weighted by atomic mass is 9.88.